The molecule has 0 aliphatic carbocycles. The van der Waals surface area contributed by atoms with E-state index in [1.54, 1.807) is 0 Å². The summed E-state index contributed by atoms with van der Waals surface area (Å²) in [5.41, 5.74) is 0.940. The lowest BCUT2D eigenvalue weighted by molar-refractivity contribution is 0.341. The number of hydrogen-bond acceptors (Lipinski definition) is 5. The van der Waals surface area contributed by atoms with Gasteiger partial charge in [0.2, 0.25) is 5.13 Å². The van der Waals surface area contributed by atoms with Crippen molar-refractivity contribution in [3.8, 4) is 17.1 Å². The van der Waals surface area contributed by atoms with Gasteiger partial charge in [0.1, 0.15) is 5.75 Å². The zero-order valence-electron chi connectivity index (χ0n) is 9.93. The molecule has 0 spiro atoms. The third-order valence-corrected chi connectivity index (χ3v) is 2.85. The van der Waals surface area contributed by atoms with Crippen LogP contribution < -0.4 is 10.1 Å². The molecule has 0 saturated heterocycles. The molecule has 0 aliphatic rings. The summed E-state index contributed by atoms with van der Waals surface area (Å²) in [6, 6.07) is 7.83. The van der Waals surface area contributed by atoms with Gasteiger partial charge in [0.15, 0.2) is 5.82 Å². The Morgan fingerprint density at radius 3 is 2.88 bits per heavy atom. The number of nitrogens with zero attached hydrogens (tertiary/aromatic N) is 2. The van der Waals surface area contributed by atoms with Crippen LogP contribution >= 0.6 is 11.5 Å². The highest BCUT2D eigenvalue weighted by molar-refractivity contribution is 7.09. The Kier molecular flexibility index (Phi) is 3.93. The molecule has 1 aromatic heterocycles. The molecule has 5 heteroatoms. The Hall–Kier alpha value is -1.62. The van der Waals surface area contributed by atoms with Crippen LogP contribution in [-0.2, 0) is 0 Å². The number of nitrogens with one attached hydrogen (secondary N) is 1. The molecule has 0 atom stereocenters. The number of anilines is 1. The van der Waals surface area contributed by atoms with Crippen molar-refractivity contribution in [1.82, 2.24) is 9.36 Å². The third kappa shape index (κ3) is 2.74. The van der Waals surface area contributed by atoms with Crippen molar-refractivity contribution in [2.75, 3.05) is 18.5 Å². The summed E-state index contributed by atoms with van der Waals surface area (Å²) in [7, 11) is 0. The van der Waals surface area contributed by atoms with Gasteiger partial charge in [-0.05, 0) is 26.0 Å². The minimum absolute atomic E-state index is 0.640. The van der Waals surface area contributed by atoms with Crippen LogP contribution in [-0.4, -0.2) is 22.5 Å². The maximum atomic E-state index is 5.56. The Balaban J connectivity index is 2.31. The van der Waals surface area contributed by atoms with Crippen LogP contribution in [0.4, 0.5) is 5.13 Å². The van der Waals surface area contributed by atoms with Crippen molar-refractivity contribution in [3.63, 3.8) is 0 Å². The molecule has 2 rings (SSSR count). The molecule has 0 saturated carbocycles. The molecule has 0 unspecified atom stereocenters. The van der Waals surface area contributed by atoms with E-state index in [0.717, 1.165) is 28.8 Å². The third-order valence-electron chi connectivity index (χ3n) is 2.18. The van der Waals surface area contributed by atoms with E-state index in [1.807, 2.05) is 38.1 Å². The quantitative estimate of drug-likeness (QED) is 0.884. The number of aromatic nitrogens is 2. The number of ether oxygens (including phenoxy) is 1. The lowest BCUT2D eigenvalue weighted by Crippen LogP contribution is -1.96. The van der Waals surface area contributed by atoms with Crippen molar-refractivity contribution in [3.05, 3.63) is 24.3 Å². The van der Waals surface area contributed by atoms with E-state index in [9.17, 15) is 0 Å². The fourth-order valence-electron chi connectivity index (χ4n) is 1.49. The Labute approximate surface area is 105 Å². The van der Waals surface area contributed by atoms with Crippen molar-refractivity contribution >= 4 is 16.7 Å². The number of rotatable bonds is 5. The predicted octanol–water partition coefficient (Wildman–Crippen LogP) is 3.04. The minimum Gasteiger partial charge on any atom is -0.493 e. The summed E-state index contributed by atoms with van der Waals surface area (Å²) in [6.07, 6.45) is 0. The van der Waals surface area contributed by atoms with Gasteiger partial charge >= 0.3 is 0 Å². The summed E-state index contributed by atoms with van der Waals surface area (Å²) < 4.78 is 9.90. The zero-order chi connectivity index (χ0) is 12.1. The van der Waals surface area contributed by atoms with Crippen molar-refractivity contribution < 1.29 is 4.74 Å². The first kappa shape index (κ1) is 11.9. The lowest BCUT2D eigenvalue weighted by Gasteiger charge is -2.06. The topological polar surface area (TPSA) is 47.0 Å². The Bertz CT molecular complexity index is 484. The predicted molar refractivity (Wildman–Crippen MR) is 70.7 cm³/mol. The second-order valence-electron chi connectivity index (χ2n) is 3.38. The van der Waals surface area contributed by atoms with E-state index < -0.39 is 0 Å². The molecular formula is C12H15N3OS. The van der Waals surface area contributed by atoms with Crippen LogP contribution in [0.25, 0.3) is 11.4 Å². The average molecular weight is 249 g/mol. The van der Waals surface area contributed by atoms with Crippen LogP contribution in [0.2, 0.25) is 0 Å². The highest BCUT2D eigenvalue weighted by Gasteiger charge is 2.10. The molecule has 1 heterocycles. The van der Waals surface area contributed by atoms with Crippen molar-refractivity contribution in [2.45, 2.75) is 13.8 Å². The molecule has 17 heavy (non-hydrogen) atoms. The van der Waals surface area contributed by atoms with E-state index in [-0.39, 0.29) is 0 Å². The standard InChI is InChI=1S/C12H15N3OS/c1-3-13-12-14-11(15-17-12)9-7-5-6-8-10(9)16-4-2/h5-8H,3-4H2,1-2H3,(H,13,14,15). The first-order chi connectivity index (χ1) is 8.35. The molecule has 0 bridgehead atoms. The van der Waals surface area contributed by atoms with Crippen LogP contribution in [0.1, 0.15) is 13.8 Å². The van der Waals surface area contributed by atoms with Gasteiger partial charge in [-0.3, -0.25) is 0 Å². The average Bonchev–Trinajstić information content (AvgIpc) is 2.79. The molecule has 0 radical (unpaired) electrons. The van der Waals surface area contributed by atoms with Crippen molar-refractivity contribution in [1.29, 1.82) is 0 Å². The van der Waals surface area contributed by atoms with E-state index in [4.69, 9.17) is 4.74 Å². The molecule has 0 amide bonds. The summed E-state index contributed by atoms with van der Waals surface area (Å²) >= 11 is 1.37. The monoisotopic (exact) mass is 249 g/mol. The summed E-state index contributed by atoms with van der Waals surface area (Å²) in [6.45, 7) is 5.49. The molecular weight excluding hydrogens is 234 g/mol. The van der Waals surface area contributed by atoms with Crippen LogP contribution in [0.3, 0.4) is 0 Å². The Morgan fingerprint density at radius 2 is 2.12 bits per heavy atom. The second kappa shape index (κ2) is 5.63. The summed E-state index contributed by atoms with van der Waals surface area (Å²) in [4.78, 5) is 4.43. The second-order valence-corrected chi connectivity index (χ2v) is 4.13. The van der Waals surface area contributed by atoms with Crippen LogP contribution in [0.15, 0.2) is 24.3 Å². The Morgan fingerprint density at radius 1 is 1.29 bits per heavy atom. The van der Waals surface area contributed by atoms with Crippen molar-refractivity contribution in [2.24, 2.45) is 0 Å². The molecule has 0 fully saturated rings. The molecule has 0 aliphatic heterocycles. The first-order valence-electron chi connectivity index (χ1n) is 5.65. The van der Waals surface area contributed by atoms with Gasteiger partial charge in [-0.15, -0.1) is 0 Å². The van der Waals surface area contributed by atoms with E-state index in [2.05, 4.69) is 14.7 Å². The van der Waals surface area contributed by atoms with E-state index in [0.29, 0.717) is 6.61 Å². The summed E-state index contributed by atoms with van der Waals surface area (Å²) in [5, 5.41) is 3.99. The van der Waals surface area contributed by atoms with Gasteiger partial charge in [-0.1, -0.05) is 12.1 Å². The maximum Gasteiger partial charge on any atom is 0.202 e. The van der Waals surface area contributed by atoms with Gasteiger partial charge < -0.3 is 10.1 Å². The maximum absolute atomic E-state index is 5.56. The van der Waals surface area contributed by atoms with E-state index >= 15 is 0 Å². The van der Waals surface area contributed by atoms with Crippen LogP contribution in [0.5, 0.6) is 5.75 Å². The number of hydrogen-bond donors (Lipinski definition) is 1. The molecule has 90 valence electrons. The van der Waals surface area contributed by atoms with Gasteiger partial charge in [0.05, 0.1) is 12.2 Å². The normalized spacial score (nSPS) is 10.2. The lowest BCUT2D eigenvalue weighted by atomic mass is 10.2. The smallest absolute Gasteiger partial charge is 0.202 e. The molecule has 2 aromatic rings. The fraction of sp³-hybridized carbons (Fsp3) is 0.333. The minimum atomic E-state index is 0.640. The summed E-state index contributed by atoms with van der Waals surface area (Å²) in [5.74, 6) is 1.55. The molecule has 4 nitrogen and oxygen atoms in total. The zero-order valence-corrected chi connectivity index (χ0v) is 10.8. The van der Waals surface area contributed by atoms with Gasteiger partial charge in [0.25, 0.3) is 0 Å². The highest BCUT2D eigenvalue weighted by atomic mass is 32.1. The molecule has 1 aromatic carbocycles. The van der Waals surface area contributed by atoms with Gasteiger partial charge in [-0.2, -0.15) is 9.36 Å². The molecule has 1 N–H and O–H groups in total. The first-order valence-corrected chi connectivity index (χ1v) is 6.42. The number of para-hydroxylation sites is 1. The van der Waals surface area contributed by atoms with Gasteiger partial charge in [0, 0.05) is 18.1 Å². The SMILES string of the molecule is CCNc1nc(-c2ccccc2OCC)ns1. The highest BCUT2D eigenvalue weighted by Crippen LogP contribution is 2.29. The largest absolute Gasteiger partial charge is 0.493 e. The number of benzene rings is 1. The fourth-order valence-corrected chi connectivity index (χ4v) is 2.14. The van der Waals surface area contributed by atoms with Gasteiger partial charge in [-0.25, -0.2) is 0 Å². The van der Waals surface area contributed by atoms with E-state index in [1.165, 1.54) is 11.5 Å². The van der Waals surface area contributed by atoms with Crippen LogP contribution in [0, 0.1) is 0 Å².